The van der Waals surface area contributed by atoms with E-state index in [1.165, 1.54) is 25.7 Å². The summed E-state index contributed by atoms with van der Waals surface area (Å²) in [5.41, 5.74) is 0. The summed E-state index contributed by atoms with van der Waals surface area (Å²) in [7, 11) is 2.02. The van der Waals surface area contributed by atoms with Crippen LogP contribution < -0.4 is 0 Å². The zero-order valence-corrected chi connectivity index (χ0v) is 7.74. The molecule has 0 aromatic carbocycles. The number of likely N-dealkylation sites (N-methyl/N-ethyl adjacent to an activating group) is 1. The molecule has 1 rings (SSSR count). The zero-order chi connectivity index (χ0) is 8.97. The molecule has 72 valence electrons. The number of hydrogen-bond donors (Lipinski definition) is 2. The monoisotopic (exact) mass is 173 g/mol. The molecule has 1 aliphatic carbocycles. The van der Waals surface area contributed by atoms with Gasteiger partial charge >= 0.3 is 0 Å². The minimum atomic E-state index is -0.574. The van der Waals surface area contributed by atoms with E-state index < -0.39 is 6.10 Å². The van der Waals surface area contributed by atoms with Crippen LogP contribution in [0.3, 0.4) is 0 Å². The molecular formula is C9H19NO2. The van der Waals surface area contributed by atoms with E-state index in [1.54, 1.807) is 0 Å². The molecule has 0 spiro atoms. The number of hydrogen-bond acceptors (Lipinski definition) is 3. The van der Waals surface area contributed by atoms with Crippen LogP contribution in [-0.4, -0.2) is 47.5 Å². The first kappa shape index (κ1) is 9.96. The van der Waals surface area contributed by atoms with Crippen molar-refractivity contribution in [2.75, 3.05) is 20.2 Å². The summed E-state index contributed by atoms with van der Waals surface area (Å²) in [6.45, 7) is 0.470. The summed E-state index contributed by atoms with van der Waals surface area (Å²) in [6.07, 6.45) is 4.54. The van der Waals surface area contributed by atoms with Crippen LogP contribution in [0, 0.1) is 0 Å². The van der Waals surface area contributed by atoms with Gasteiger partial charge in [0.2, 0.25) is 0 Å². The molecule has 1 unspecified atom stereocenters. The van der Waals surface area contributed by atoms with Crippen molar-refractivity contribution in [2.24, 2.45) is 0 Å². The summed E-state index contributed by atoms with van der Waals surface area (Å²) >= 11 is 0. The van der Waals surface area contributed by atoms with Crippen LogP contribution in [0.2, 0.25) is 0 Å². The van der Waals surface area contributed by atoms with E-state index in [9.17, 15) is 5.11 Å². The molecule has 3 heteroatoms. The third-order valence-corrected chi connectivity index (χ3v) is 2.66. The minimum absolute atomic E-state index is 0.128. The molecular weight excluding hydrogens is 154 g/mol. The first-order valence-corrected chi connectivity index (χ1v) is 4.73. The van der Waals surface area contributed by atoms with Crippen LogP contribution in [0.5, 0.6) is 0 Å². The Morgan fingerprint density at radius 3 is 2.50 bits per heavy atom. The van der Waals surface area contributed by atoms with E-state index in [1.807, 2.05) is 7.05 Å². The quantitative estimate of drug-likeness (QED) is 0.639. The van der Waals surface area contributed by atoms with Crippen LogP contribution in [-0.2, 0) is 0 Å². The Kier molecular flexibility index (Phi) is 3.98. The molecule has 1 atom stereocenters. The number of aliphatic hydroxyl groups is 2. The Hall–Kier alpha value is -0.120. The van der Waals surface area contributed by atoms with E-state index in [0.717, 1.165) is 0 Å². The van der Waals surface area contributed by atoms with Crippen molar-refractivity contribution in [1.82, 2.24) is 4.90 Å². The largest absolute Gasteiger partial charge is 0.394 e. The smallest absolute Gasteiger partial charge is 0.0897 e. The number of rotatable bonds is 4. The topological polar surface area (TPSA) is 43.7 Å². The van der Waals surface area contributed by atoms with Gasteiger partial charge in [0.15, 0.2) is 0 Å². The van der Waals surface area contributed by atoms with Crippen molar-refractivity contribution in [2.45, 2.75) is 37.8 Å². The molecule has 0 aromatic rings. The molecule has 0 saturated heterocycles. The lowest BCUT2D eigenvalue weighted by molar-refractivity contribution is 0.0552. The lowest BCUT2D eigenvalue weighted by atomic mass is 10.2. The van der Waals surface area contributed by atoms with Crippen molar-refractivity contribution in [3.05, 3.63) is 0 Å². The van der Waals surface area contributed by atoms with Gasteiger partial charge in [0.05, 0.1) is 12.7 Å². The van der Waals surface area contributed by atoms with Crippen molar-refractivity contribution in [3.63, 3.8) is 0 Å². The fourth-order valence-corrected chi connectivity index (χ4v) is 1.88. The predicted molar refractivity (Wildman–Crippen MR) is 48.0 cm³/mol. The maximum Gasteiger partial charge on any atom is 0.0897 e. The summed E-state index contributed by atoms with van der Waals surface area (Å²) in [5, 5.41) is 17.8. The molecule has 1 saturated carbocycles. The highest BCUT2D eigenvalue weighted by Gasteiger charge is 2.20. The van der Waals surface area contributed by atoms with Gasteiger partial charge in [0.25, 0.3) is 0 Å². The van der Waals surface area contributed by atoms with Crippen molar-refractivity contribution < 1.29 is 10.2 Å². The summed E-state index contributed by atoms with van der Waals surface area (Å²) in [4.78, 5) is 2.16. The number of nitrogens with zero attached hydrogens (tertiary/aromatic N) is 1. The predicted octanol–water partition coefficient (Wildman–Crippen LogP) is 0.214. The third kappa shape index (κ3) is 2.73. The Balaban J connectivity index is 2.21. The average Bonchev–Trinajstić information content (AvgIpc) is 2.56. The standard InChI is InChI=1S/C9H19NO2/c1-10(6-9(12)7-11)8-4-2-3-5-8/h8-9,11-12H,2-7H2,1H3. The Labute approximate surface area is 74.0 Å². The molecule has 3 nitrogen and oxygen atoms in total. The molecule has 1 aliphatic rings. The molecule has 12 heavy (non-hydrogen) atoms. The van der Waals surface area contributed by atoms with Crippen molar-refractivity contribution >= 4 is 0 Å². The normalized spacial score (nSPS) is 22.0. The summed E-state index contributed by atoms with van der Waals surface area (Å²) in [5.74, 6) is 0. The van der Waals surface area contributed by atoms with Gasteiger partial charge in [-0.25, -0.2) is 0 Å². The van der Waals surface area contributed by atoms with Gasteiger partial charge in [-0.3, -0.25) is 0 Å². The third-order valence-electron chi connectivity index (χ3n) is 2.66. The fraction of sp³-hybridized carbons (Fsp3) is 1.00. The van der Waals surface area contributed by atoms with Crippen LogP contribution in [0.1, 0.15) is 25.7 Å². The Bertz CT molecular complexity index is 124. The van der Waals surface area contributed by atoms with E-state index in [2.05, 4.69) is 4.90 Å². The highest BCUT2D eigenvalue weighted by Crippen LogP contribution is 2.22. The molecule has 0 bridgehead atoms. The van der Waals surface area contributed by atoms with Gasteiger partial charge in [0.1, 0.15) is 0 Å². The highest BCUT2D eigenvalue weighted by molar-refractivity contribution is 4.76. The molecule has 1 fully saturated rings. The number of aliphatic hydroxyl groups excluding tert-OH is 2. The van der Waals surface area contributed by atoms with E-state index in [4.69, 9.17) is 5.11 Å². The second kappa shape index (κ2) is 4.80. The van der Waals surface area contributed by atoms with Gasteiger partial charge in [-0.05, 0) is 19.9 Å². The maximum atomic E-state index is 9.20. The van der Waals surface area contributed by atoms with Crippen molar-refractivity contribution in [1.29, 1.82) is 0 Å². The Morgan fingerprint density at radius 1 is 1.42 bits per heavy atom. The lowest BCUT2D eigenvalue weighted by Crippen LogP contribution is -2.37. The van der Waals surface area contributed by atoms with E-state index in [0.29, 0.717) is 12.6 Å². The Morgan fingerprint density at radius 2 is 2.00 bits per heavy atom. The lowest BCUT2D eigenvalue weighted by Gasteiger charge is -2.25. The zero-order valence-electron chi connectivity index (χ0n) is 7.74. The minimum Gasteiger partial charge on any atom is -0.394 e. The highest BCUT2D eigenvalue weighted by atomic mass is 16.3. The molecule has 0 radical (unpaired) electrons. The molecule has 2 N–H and O–H groups in total. The van der Waals surface area contributed by atoms with Gasteiger partial charge in [0, 0.05) is 12.6 Å². The molecule has 0 aliphatic heterocycles. The first-order valence-electron chi connectivity index (χ1n) is 4.73. The van der Waals surface area contributed by atoms with Crippen LogP contribution in [0.15, 0.2) is 0 Å². The van der Waals surface area contributed by atoms with Gasteiger partial charge in [-0.2, -0.15) is 0 Å². The SMILES string of the molecule is CN(CC(O)CO)C1CCCC1. The maximum absolute atomic E-state index is 9.20. The van der Waals surface area contributed by atoms with Crippen LogP contribution >= 0.6 is 0 Å². The van der Waals surface area contributed by atoms with Crippen molar-refractivity contribution in [3.8, 4) is 0 Å². The molecule has 0 aromatic heterocycles. The first-order chi connectivity index (χ1) is 5.74. The molecule has 0 amide bonds. The fourth-order valence-electron chi connectivity index (χ4n) is 1.88. The second-order valence-electron chi connectivity index (χ2n) is 3.71. The summed E-state index contributed by atoms with van der Waals surface area (Å²) < 4.78 is 0. The second-order valence-corrected chi connectivity index (χ2v) is 3.71. The van der Waals surface area contributed by atoms with Gasteiger partial charge in [-0.15, -0.1) is 0 Å². The van der Waals surface area contributed by atoms with Crippen LogP contribution in [0.25, 0.3) is 0 Å². The van der Waals surface area contributed by atoms with E-state index >= 15 is 0 Å². The average molecular weight is 173 g/mol. The summed E-state index contributed by atoms with van der Waals surface area (Å²) in [6, 6.07) is 0.631. The van der Waals surface area contributed by atoms with Gasteiger partial charge in [-0.1, -0.05) is 12.8 Å². The van der Waals surface area contributed by atoms with E-state index in [-0.39, 0.29) is 6.61 Å². The molecule has 0 heterocycles. The van der Waals surface area contributed by atoms with Gasteiger partial charge < -0.3 is 15.1 Å². The van der Waals surface area contributed by atoms with Crippen LogP contribution in [0.4, 0.5) is 0 Å².